The van der Waals surface area contributed by atoms with Gasteiger partial charge in [0, 0.05) is 23.5 Å². The van der Waals surface area contributed by atoms with Crippen LogP contribution in [0.25, 0.3) is 0 Å². The van der Waals surface area contributed by atoms with Gasteiger partial charge < -0.3 is 14.8 Å². The third kappa shape index (κ3) is 5.98. The monoisotopic (exact) mass is 474 g/mol. The number of esters is 2. The van der Waals surface area contributed by atoms with E-state index in [2.05, 4.69) is 5.32 Å². The minimum absolute atomic E-state index is 0.0882. The number of ether oxygens (including phenoxy) is 2. The van der Waals surface area contributed by atoms with E-state index in [-0.39, 0.29) is 33.8 Å². The lowest BCUT2D eigenvalue weighted by molar-refractivity contribution is -0.384. The van der Waals surface area contributed by atoms with E-state index >= 15 is 0 Å². The number of nitro benzene ring substituents is 1. The predicted molar refractivity (Wildman–Crippen MR) is 116 cm³/mol. The smallest absolute Gasteiger partial charge is 0.336 e. The zero-order valence-corrected chi connectivity index (χ0v) is 18.6. The Kier molecular flexibility index (Phi) is 8.64. The molecule has 1 heterocycles. The van der Waals surface area contributed by atoms with Crippen LogP contribution in [0, 0.1) is 67.3 Å². The fourth-order valence-corrected chi connectivity index (χ4v) is 3.37. The first-order chi connectivity index (χ1) is 16.7. The molecule has 1 aromatic rings. The lowest BCUT2D eigenvalue weighted by Crippen LogP contribution is -2.33. The molecule has 0 atom stereocenters. The quantitative estimate of drug-likeness (QED) is 0.328. The SMILES string of the molecule is CC1=C(C(=O)OCC(C#N)C#N)C(c2cccc([N+](=O)[O-])c2)C(C(=O)OCC(C#N)C#N)=C(C)N1. The van der Waals surface area contributed by atoms with Gasteiger partial charge >= 0.3 is 11.9 Å². The number of carbonyl (C=O) groups excluding carboxylic acids is 2. The summed E-state index contributed by atoms with van der Waals surface area (Å²) in [5.41, 5.74) is 0.285. The molecule has 1 aliphatic rings. The van der Waals surface area contributed by atoms with Crippen molar-refractivity contribution in [1.29, 1.82) is 21.0 Å². The Hall–Kier alpha value is -5.20. The van der Waals surface area contributed by atoms with Crippen molar-refractivity contribution in [2.75, 3.05) is 13.2 Å². The Labute approximate surface area is 200 Å². The van der Waals surface area contributed by atoms with Crippen LogP contribution in [-0.4, -0.2) is 30.1 Å². The zero-order chi connectivity index (χ0) is 26.1. The third-order valence-corrected chi connectivity index (χ3v) is 5.00. The van der Waals surface area contributed by atoms with Gasteiger partial charge in [-0.15, -0.1) is 0 Å². The van der Waals surface area contributed by atoms with Crippen LogP contribution in [0.5, 0.6) is 0 Å². The van der Waals surface area contributed by atoms with Gasteiger partial charge in [-0.3, -0.25) is 10.1 Å². The van der Waals surface area contributed by atoms with Crippen LogP contribution in [0.3, 0.4) is 0 Å². The number of carbonyl (C=O) groups is 2. The van der Waals surface area contributed by atoms with Gasteiger partial charge in [-0.2, -0.15) is 21.0 Å². The predicted octanol–water partition coefficient (Wildman–Crippen LogP) is 2.24. The van der Waals surface area contributed by atoms with Crippen molar-refractivity contribution >= 4 is 17.6 Å². The minimum atomic E-state index is -1.22. The van der Waals surface area contributed by atoms with E-state index in [1.165, 1.54) is 38.1 Å². The van der Waals surface area contributed by atoms with Crippen molar-refractivity contribution in [3.05, 3.63) is 62.5 Å². The summed E-state index contributed by atoms with van der Waals surface area (Å²) in [6.45, 7) is 2.00. The van der Waals surface area contributed by atoms with Crippen LogP contribution < -0.4 is 5.32 Å². The van der Waals surface area contributed by atoms with E-state index in [9.17, 15) is 19.7 Å². The standard InChI is InChI=1S/C23H18N6O6/c1-13-19(22(30)34-11-15(7-24)8-25)21(17-4-3-5-18(6-17)29(32)33)20(14(2)28-13)23(31)35-12-16(9-26)10-27/h3-6,15-16,21,28H,11-12H2,1-2H3. The Morgan fingerprint density at radius 3 is 1.83 bits per heavy atom. The van der Waals surface area contributed by atoms with E-state index in [0.29, 0.717) is 0 Å². The molecular formula is C23H18N6O6. The summed E-state index contributed by atoms with van der Waals surface area (Å²) < 4.78 is 10.3. The number of hydrogen-bond donors (Lipinski definition) is 1. The highest BCUT2D eigenvalue weighted by atomic mass is 16.6. The van der Waals surface area contributed by atoms with Crippen molar-refractivity contribution in [2.45, 2.75) is 19.8 Å². The molecule has 0 saturated carbocycles. The van der Waals surface area contributed by atoms with Crippen LogP contribution >= 0.6 is 0 Å². The molecule has 12 nitrogen and oxygen atoms in total. The molecule has 35 heavy (non-hydrogen) atoms. The van der Waals surface area contributed by atoms with Crippen molar-refractivity contribution < 1.29 is 24.0 Å². The molecule has 2 rings (SSSR count). The normalized spacial score (nSPS) is 13.3. The van der Waals surface area contributed by atoms with Gasteiger partial charge in [-0.05, 0) is 19.4 Å². The molecule has 0 aromatic heterocycles. The lowest BCUT2D eigenvalue weighted by Gasteiger charge is -2.30. The summed E-state index contributed by atoms with van der Waals surface area (Å²) in [5, 5.41) is 50.0. The molecule has 12 heteroatoms. The summed E-state index contributed by atoms with van der Waals surface area (Å²) in [7, 11) is 0. The molecule has 0 aliphatic carbocycles. The summed E-state index contributed by atoms with van der Waals surface area (Å²) in [6.07, 6.45) is 0. The maximum Gasteiger partial charge on any atom is 0.336 e. The molecule has 1 N–H and O–H groups in total. The summed E-state index contributed by atoms with van der Waals surface area (Å²) >= 11 is 0. The summed E-state index contributed by atoms with van der Waals surface area (Å²) in [5.74, 6) is -5.52. The number of nitriles is 4. The Morgan fingerprint density at radius 2 is 1.43 bits per heavy atom. The van der Waals surface area contributed by atoms with Crippen molar-refractivity contribution in [3.63, 3.8) is 0 Å². The number of non-ortho nitro benzene ring substituents is 1. The van der Waals surface area contributed by atoms with Crippen LogP contribution in [-0.2, 0) is 19.1 Å². The molecule has 0 bridgehead atoms. The molecule has 0 saturated heterocycles. The minimum Gasteiger partial charge on any atom is -0.460 e. The second kappa shape index (κ2) is 11.6. The maximum atomic E-state index is 13.0. The van der Waals surface area contributed by atoms with Crippen molar-refractivity contribution in [2.24, 2.45) is 11.8 Å². The largest absolute Gasteiger partial charge is 0.460 e. The topological polar surface area (TPSA) is 203 Å². The summed E-state index contributed by atoms with van der Waals surface area (Å²) in [6, 6.07) is 12.0. The van der Waals surface area contributed by atoms with Gasteiger partial charge in [-0.1, -0.05) is 12.1 Å². The molecule has 0 radical (unpaired) electrons. The van der Waals surface area contributed by atoms with Crippen LogP contribution in [0.4, 0.5) is 5.69 Å². The molecule has 0 spiro atoms. The van der Waals surface area contributed by atoms with Gasteiger partial charge in [0.1, 0.15) is 13.2 Å². The molecule has 0 amide bonds. The first kappa shape index (κ1) is 26.1. The van der Waals surface area contributed by atoms with Gasteiger partial charge in [0.2, 0.25) is 0 Å². The molecule has 176 valence electrons. The van der Waals surface area contributed by atoms with Gasteiger partial charge in [0.05, 0.1) is 46.3 Å². The van der Waals surface area contributed by atoms with E-state index in [4.69, 9.17) is 30.5 Å². The van der Waals surface area contributed by atoms with E-state index < -0.39 is 47.8 Å². The third-order valence-electron chi connectivity index (χ3n) is 5.00. The highest BCUT2D eigenvalue weighted by Crippen LogP contribution is 2.40. The number of benzene rings is 1. The van der Waals surface area contributed by atoms with Crippen molar-refractivity contribution in [1.82, 2.24) is 5.32 Å². The average molecular weight is 474 g/mol. The maximum absolute atomic E-state index is 13.0. The summed E-state index contributed by atoms with van der Waals surface area (Å²) in [4.78, 5) is 36.8. The average Bonchev–Trinajstić information content (AvgIpc) is 2.84. The van der Waals surface area contributed by atoms with Gasteiger partial charge in [0.15, 0.2) is 11.8 Å². The lowest BCUT2D eigenvalue weighted by atomic mass is 9.80. The number of nitro groups is 1. The Morgan fingerprint density at radius 1 is 0.971 bits per heavy atom. The second-order valence-electron chi connectivity index (χ2n) is 7.31. The molecule has 0 unspecified atom stereocenters. The number of allylic oxidation sites excluding steroid dienone is 2. The van der Waals surface area contributed by atoms with Gasteiger partial charge in [0.25, 0.3) is 5.69 Å². The van der Waals surface area contributed by atoms with Crippen LogP contribution in [0.15, 0.2) is 46.8 Å². The number of nitrogens with one attached hydrogen (secondary N) is 1. The highest BCUT2D eigenvalue weighted by Gasteiger charge is 2.39. The number of dihydropyridines is 1. The first-order valence-electron chi connectivity index (χ1n) is 10.0. The fraction of sp³-hybridized carbons (Fsp3) is 0.304. The van der Waals surface area contributed by atoms with E-state index in [1.54, 1.807) is 24.3 Å². The molecule has 1 aromatic carbocycles. The van der Waals surface area contributed by atoms with Crippen LogP contribution in [0.2, 0.25) is 0 Å². The van der Waals surface area contributed by atoms with Gasteiger partial charge in [-0.25, -0.2) is 9.59 Å². The highest BCUT2D eigenvalue weighted by molar-refractivity contribution is 6.00. The van der Waals surface area contributed by atoms with Crippen molar-refractivity contribution in [3.8, 4) is 24.3 Å². The molecular weight excluding hydrogens is 456 g/mol. The molecule has 1 aliphatic heterocycles. The first-order valence-corrected chi connectivity index (χ1v) is 10.0. The zero-order valence-electron chi connectivity index (χ0n) is 18.6. The number of hydrogen-bond acceptors (Lipinski definition) is 11. The molecule has 0 fully saturated rings. The Balaban J connectivity index is 2.57. The Bertz CT molecular complexity index is 1190. The van der Waals surface area contributed by atoms with E-state index in [1.807, 2.05) is 0 Å². The van der Waals surface area contributed by atoms with E-state index in [0.717, 1.165) is 0 Å². The fourth-order valence-electron chi connectivity index (χ4n) is 3.37. The second-order valence-corrected chi connectivity index (χ2v) is 7.31. The number of rotatable bonds is 8. The number of nitrogens with zero attached hydrogens (tertiary/aromatic N) is 5. The van der Waals surface area contributed by atoms with Crippen LogP contribution in [0.1, 0.15) is 25.3 Å².